The Morgan fingerprint density at radius 2 is 1.34 bits per heavy atom. The minimum absolute atomic E-state index is 0.0278. The second-order valence-corrected chi connectivity index (χ2v) is 19.2. The largest absolute Gasteiger partial charge is 0.472 e. The van der Waals surface area contributed by atoms with Crippen molar-refractivity contribution in [2.75, 3.05) is 47.5 Å². The molecule has 1 rings (SSSR count). The second kappa shape index (κ2) is 35.2. The SMILES string of the molecule is CCCCC/C=C\C/C=C\CCCCCCCCCCCC(=O)OC[C@H](COP(=O)(O)OCC[N+](C)(C)C)OC(=O)C/C=C\C[C@H]1[C@@H](/C=C/[C@H](O)CCCCC)[C@H](O)C[C@@H]1O. The number of phosphoric acid groups is 1. The summed E-state index contributed by atoms with van der Waals surface area (Å²) in [5, 5.41) is 31.5. The molecule has 13 heteroatoms. The Morgan fingerprint density at radius 3 is 1.98 bits per heavy atom. The molecule has 1 aliphatic carbocycles. The molecule has 0 aliphatic heterocycles. The lowest BCUT2D eigenvalue weighted by Gasteiger charge is -2.24. The molecular formula is C48H87NO11P+. The van der Waals surface area contributed by atoms with Gasteiger partial charge in [0.1, 0.15) is 19.8 Å². The number of quaternary nitrogens is 1. The summed E-state index contributed by atoms with van der Waals surface area (Å²) in [5.41, 5.74) is 0. The van der Waals surface area contributed by atoms with Crippen LogP contribution in [0, 0.1) is 11.8 Å². The molecule has 0 radical (unpaired) electrons. The third-order valence-electron chi connectivity index (χ3n) is 10.9. The van der Waals surface area contributed by atoms with Gasteiger partial charge in [0.05, 0.1) is 52.5 Å². The number of hydrogen-bond acceptors (Lipinski definition) is 10. The van der Waals surface area contributed by atoms with Gasteiger partial charge in [0, 0.05) is 18.8 Å². The van der Waals surface area contributed by atoms with Crippen molar-refractivity contribution in [1.82, 2.24) is 0 Å². The summed E-state index contributed by atoms with van der Waals surface area (Å²) in [7, 11) is 1.28. The van der Waals surface area contributed by atoms with Crippen LogP contribution in [-0.2, 0) is 32.7 Å². The number of carbonyl (C=O) groups is 2. The number of allylic oxidation sites excluding steroid dienone is 5. The quantitative estimate of drug-likeness (QED) is 0.0153. The topological polar surface area (TPSA) is 169 Å². The summed E-state index contributed by atoms with van der Waals surface area (Å²) in [4.78, 5) is 35.7. The molecule has 7 atom stereocenters. The van der Waals surface area contributed by atoms with Crippen molar-refractivity contribution in [2.45, 2.75) is 186 Å². The van der Waals surface area contributed by atoms with E-state index in [1.54, 1.807) is 24.3 Å². The number of ether oxygens (including phenoxy) is 2. The maximum Gasteiger partial charge on any atom is 0.472 e. The van der Waals surface area contributed by atoms with E-state index in [-0.39, 0.29) is 44.3 Å². The predicted molar refractivity (Wildman–Crippen MR) is 245 cm³/mol. The average Bonchev–Trinajstić information content (AvgIpc) is 3.47. The summed E-state index contributed by atoms with van der Waals surface area (Å²) in [5.74, 6) is -1.73. The van der Waals surface area contributed by atoms with Gasteiger partial charge >= 0.3 is 19.8 Å². The van der Waals surface area contributed by atoms with Crippen molar-refractivity contribution in [2.24, 2.45) is 11.8 Å². The van der Waals surface area contributed by atoms with Crippen LogP contribution in [0.1, 0.15) is 162 Å². The van der Waals surface area contributed by atoms with E-state index in [9.17, 15) is 34.4 Å². The highest BCUT2D eigenvalue weighted by atomic mass is 31.2. The summed E-state index contributed by atoms with van der Waals surface area (Å²) in [6.45, 7) is 3.91. The van der Waals surface area contributed by atoms with Crippen LogP contribution in [0.25, 0.3) is 0 Å². The van der Waals surface area contributed by atoms with Gasteiger partial charge in [-0.1, -0.05) is 140 Å². The first-order valence-electron chi connectivity index (χ1n) is 23.6. The number of phosphoric ester groups is 1. The van der Waals surface area contributed by atoms with Crippen molar-refractivity contribution >= 4 is 19.8 Å². The van der Waals surface area contributed by atoms with Gasteiger partial charge in [0.15, 0.2) is 6.10 Å². The Morgan fingerprint density at radius 1 is 0.738 bits per heavy atom. The van der Waals surface area contributed by atoms with Crippen LogP contribution in [0.15, 0.2) is 48.6 Å². The summed E-state index contributed by atoms with van der Waals surface area (Å²) in [6.07, 6.45) is 34.3. The number of nitrogens with zero attached hydrogens (tertiary/aromatic N) is 1. The van der Waals surface area contributed by atoms with Crippen molar-refractivity contribution < 1.29 is 57.4 Å². The first kappa shape index (κ1) is 56.9. The highest BCUT2D eigenvalue weighted by molar-refractivity contribution is 7.47. The van der Waals surface area contributed by atoms with E-state index in [1.807, 2.05) is 21.1 Å². The van der Waals surface area contributed by atoms with Crippen molar-refractivity contribution in [3.63, 3.8) is 0 Å². The van der Waals surface area contributed by atoms with Crippen LogP contribution < -0.4 is 0 Å². The lowest BCUT2D eigenvalue weighted by Crippen LogP contribution is -2.37. The van der Waals surface area contributed by atoms with Crippen LogP contribution in [0.4, 0.5) is 0 Å². The summed E-state index contributed by atoms with van der Waals surface area (Å²) < 4.78 is 34.3. The van der Waals surface area contributed by atoms with Gasteiger partial charge in [-0.15, -0.1) is 0 Å². The smallest absolute Gasteiger partial charge is 0.462 e. The Bertz CT molecular complexity index is 1300. The van der Waals surface area contributed by atoms with E-state index in [0.717, 1.165) is 51.4 Å². The number of hydrogen-bond donors (Lipinski definition) is 4. The van der Waals surface area contributed by atoms with E-state index in [1.165, 1.54) is 57.8 Å². The highest BCUT2D eigenvalue weighted by Gasteiger charge is 2.39. The maximum atomic E-state index is 12.9. The summed E-state index contributed by atoms with van der Waals surface area (Å²) in [6, 6.07) is 0. The van der Waals surface area contributed by atoms with Gasteiger partial charge in [0.25, 0.3) is 0 Å². The van der Waals surface area contributed by atoms with E-state index in [4.69, 9.17) is 18.5 Å². The van der Waals surface area contributed by atoms with Crippen LogP contribution >= 0.6 is 7.82 Å². The molecule has 1 fully saturated rings. The highest BCUT2D eigenvalue weighted by Crippen LogP contribution is 2.43. The number of likely N-dealkylation sites (N-methyl/N-ethyl adjacent to an activating group) is 1. The fourth-order valence-corrected chi connectivity index (χ4v) is 7.88. The minimum Gasteiger partial charge on any atom is -0.462 e. The molecule has 1 aliphatic rings. The third-order valence-corrected chi connectivity index (χ3v) is 11.9. The number of unbranched alkanes of at least 4 members (excludes halogenated alkanes) is 14. The fourth-order valence-electron chi connectivity index (χ4n) is 7.14. The Hall–Kier alpha value is -2.15. The van der Waals surface area contributed by atoms with Crippen LogP contribution in [0.3, 0.4) is 0 Å². The molecule has 354 valence electrons. The van der Waals surface area contributed by atoms with E-state index >= 15 is 0 Å². The molecule has 61 heavy (non-hydrogen) atoms. The zero-order valence-electron chi connectivity index (χ0n) is 38.7. The maximum absolute atomic E-state index is 12.9. The molecule has 0 spiro atoms. The monoisotopic (exact) mass is 885 g/mol. The van der Waals surface area contributed by atoms with E-state index in [2.05, 4.69) is 38.2 Å². The fraction of sp³-hybridized carbons (Fsp3) is 0.792. The van der Waals surface area contributed by atoms with E-state index < -0.39 is 50.8 Å². The van der Waals surface area contributed by atoms with Crippen molar-refractivity contribution in [1.29, 1.82) is 0 Å². The molecule has 0 saturated heterocycles. The lowest BCUT2D eigenvalue weighted by molar-refractivity contribution is -0.870. The molecule has 0 heterocycles. The molecule has 4 N–H and O–H groups in total. The molecule has 0 aromatic heterocycles. The Balaban J connectivity index is 2.49. The lowest BCUT2D eigenvalue weighted by atomic mass is 9.89. The second-order valence-electron chi connectivity index (χ2n) is 17.8. The molecule has 0 amide bonds. The predicted octanol–water partition coefficient (Wildman–Crippen LogP) is 9.85. The minimum atomic E-state index is -4.47. The molecule has 0 bridgehead atoms. The standard InChI is InChI=1S/C48H86NO11P/c1-6-8-10-11-12-13-14-15-16-17-18-19-20-21-22-23-24-25-27-32-47(53)57-39-42(40-59-61(55,56)58-37-36-49(3,4)5)60-48(54)33-29-28-31-43-44(46(52)38-45(43)51)35-34-41(50)30-26-9-7-2/h12-13,15-16,28-29,34-35,41-46,50-52H,6-11,14,17-27,30-33,36-40H2,1-5H3/p+1/b13-12-,16-15-,29-28-,35-34+/t41-,42-,43+,44-,45+,46-/m1/s1. The van der Waals surface area contributed by atoms with Crippen molar-refractivity contribution in [3.05, 3.63) is 48.6 Å². The number of rotatable bonds is 38. The van der Waals surface area contributed by atoms with Crippen LogP contribution in [0.5, 0.6) is 0 Å². The normalized spacial score (nSPS) is 20.6. The Kier molecular flexibility index (Phi) is 32.8. The molecule has 12 nitrogen and oxygen atoms in total. The van der Waals surface area contributed by atoms with Crippen LogP contribution in [0.2, 0.25) is 0 Å². The first-order chi connectivity index (χ1) is 29.2. The molecule has 1 saturated carbocycles. The molecule has 0 aromatic rings. The number of aliphatic hydroxyl groups excluding tert-OH is 3. The number of carbonyl (C=O) groups excluding carboxylic acids is 2. The summed E-state index contributed by atoms with van der Waals surface area (Å²) >= 11 is 0. The van der Waals surface area contributed by atoms with Gasteiger partial charge in [-0.25, -0.2) is 4.57 Å². The van der Waals surface area contributed by atoms with Gasteiger partial charge in [-0.3, -0.25) is 18.6 Å². The number of esters is 2. The number of aliphatic hydroxyl groups is 3. The zero-order chi connectivity index (χ0) is 45.2. The van der Waals surface area contributed by atoms with Gasteiger partial charge in [-0.2, -0.15) is 0 Å². The zero-order valence-corrected chi connectivity index (χ0v) is 39.6. The first-order valence-corrected chi connectivity index (χ1v) is 25.1. The molecular weight excluding hydrogens is 797 g/mol. The van der Waals surface area contributed by atoms with Gasteiger partial charge in [0.2, 0.25) is 0 Å². The van der Waals surface area contributed by atoms with Crippen molar-refractivity contribution in [3.8, 4) is 0 Å². The van der Waals surface area contributed by atoms with Gasteiger partial charge < -0.3 is 34.2 Å². The molecule has 0 aromatic carbocycles. The third kappa shape index (κ3) is 32.2. The van der Waals surface area contributed by atoms with E-state index in [0.29, 0.717) is 30.3 Å². The van der Waals surface area contributed by atoms with Crippen LogP contribution in [-0.4, -0.2) is 109 Å². The molecule has 1 unspecified atom stereocenters. The average molecular weight is 885 g/mol. The Labute approximate surface area is 370 Å². The van der Waals surface area contributed by atoms with Gasteiger partial charge in [-0.05, 0) is 57.3 Å².